The molecule has 0 fully saturated rings. The number of hydrogen-bond donors (Lipinski definition) is 0. The third kappa shape index (κ3) is 1.63. The summed E-state index contributed by atoms with van der Waals surface area (Å²) in [5, 5.41) is 3.76. The van der Waals surface area contributed by atoms with Gasteiger partial charge in [0.2, 0.25) is 0 Å². The first-order chi connectivity index (χ1) is 8.38. The predicted molar refractivity (Wildman–Crippen MR) is 63.8 cm³/mol. The van der Waals surface area contributed by atoms with Gasteiger partial charge in [-0.15, -0.1) is 0 Å². The molecule has 0 aliphatic carbocycles. The van der Waals surface area contributed by atoms with Crippen LogP contribution in [0.2, 0.25) is 0 Å². The molecule has 3 rings (SSSR count). The third-order valence-corrected chi connectivity index (χ3v) is 2.63. The minimum atomic E-state index is 0.695. The summed E-state index contributed by atoms with van der Waals surface area (Å²) in [6, 6.07) is 9.71. The van der Waals surface area contributed by atoms with E-state index in [1.54, 1.807) is 19.5 Å². The van der Waals surface area contributed by atoms with Crippen LogP contribution in [0.1, 0.15) is 0 Å². The lowest BCUT2D eigenvalue weighted by Gasteiger charge is -2.04. The van der Waals surface area contributed by atoms with Crippen LogP contribution in [0.25, 0.3) is 22.2 Å². The maximum atomic E-state index is 5.22. The summed E-state index contributed by atoms with van der Waals surface area (Å²) in [5.74, 6) is 0.812. The fourth-order valence-electron chi connectivity index (χ4n) is 1.80. The summed E-state index contributed by atoms with van der Waals surface area (Å²) in [7, 11) is 1.65. The van der Waals surface area contributed by atoms with Gasteiger partial charge >= 0.3 is 0 Å². The van der Waals surface area contributed by atoms with Crippen molar-refractivity contribution in [3.63, 3.8) is 0 Å². The predicted octanol–water partition coefficient (Wildman–Crippen LogP) is 2.90. The Labute approximate surface area is 97.8 Å². The lowest BCUT2D eigenvalue weighted by molar-refractivity contribution is 0.415. The molecular formula is C13H10N2O2. The zero-order valence-corrected chi connectivity index (χ0v) is 9.25. The number of aromatic nitrogens is 2. The highest BCUT2D eigenvalue weighted by Crippen LogP contribution is 2.29. The lowest BCUT2D eigenvalue weighted by atomic mass is 10.1. The summed E-state index contributed by atoms with van der Waals surface area (Å²) in [6.07, 6.45) is 3.35. The number of nitrogens with zero attached hydrogens (tertiary/aromatic N) is 2. The maximum absolute atomic E-state index is 5.22. The van der Waals surface area contributed by atoms with Crippen LogP contribution in [-0.2, 0) is 0 Å². The van der Waals surface area contributed by atoms with Crippen LogP contribution in [-0.4, -0.2) is 17.3 Å². The second kappa shape index (κ2) is 3.90. The Morgan fingerprint density at radius 2 is 2.18 bits per heavy atom. The second-order valence-corrected chi connectivity index (χ2v) is 3.63. The minimum Gasteiger partial charge on any atom is -0.497 e. The molecule has 0 bridgehead atoms. The Hall–Kier alpha value is -2.36. The van der Waals surface area contributed by atoms with Gasteiger partial charge in [0.05, 0.1) is 13.3 Å². The molecule has 4 heteroatoms. The van der Waals surface area contributed by atoms with Gasteiger partial charge in [0.15, 0.2) is 5.58 Å². The minimum absolute atomic E-state index is 0.695. The number of benzene rings is 1. The van der Waals surface area contributed by atoms with Crippen LogP contribution in [0.15, 0.2) is 47.2 Å². The van der Waals surface area contributed by atoms with Gasteiger partial charge in [-0.2, -0.15) is 0 Å². The molecule has 0 N–H and O–H groups in total. The van der Waals surface area contributed by atoms with Crippen LogP contribution in [0.3, 0.4) is 0 Å². The first kappa shape index (κ1) is 9.84. The van der Waals surface area contributed by atoms with Gasteiger partial charge in [0.25, 0.3) is 0 Å². The van der Waals surface area contributed by atoms with Crippen molar-refractivity contribution in [3.8, 4) is 16.9 Å². The molecule has 2 heterocycles. The fourth-order valence-corrected chi connectivity index (χ4v) is 1.80. The number of pyridine rings is 1. The Morgan fingerprint density at radius 1 is 1.24 bits per heavy atom. The van der Waals surface area contributed by atoms with Gasteiger partial charge in [-0.3, -0.25) is 4.98 Å². The van der Waals surface area contributed by atoms with Gasteiger partial charge in [-0.05, 0) is 23.8 Å². The molecule has 3 aromatic rings. The van der Waals surface area contributed by atoms with Gasteiger partial charge in [0.1, 0.15) is 11.3 Å². The molecule has 0 spiro atoms. The van der Waals surface area contributed by atoms with E-state index < -0.39 is 0 Å². The van der Waals surface area contributed by atoms with E-state index in [0.717, 1.165) is 22.4 Å². The van der Waals surface area contributed by atoms with E-state index in [4.69, 9.17) is 9.26 Å². The smallest absolute Gasteiger partial charge is 0.193 e. The molecule has 84 valence electrons. The molecule has 0 amide bonds. The zero-order chi connectivity index (χ0) is 11.7. The monoisotopic (exact) mass is 226 g/mol. The van der Waals surface area contributed by atoms with E-state index in [1.807, 2.05) is 30.3 Å². The average molecular weight is 226 g/mol. The highest BCUT2D eigenvalue weighted by molar-refractivity contribution is 5.89. The quantitative estimate of drug-likeness (QED) is 0.674. The number of methoxy groups -OCH3 is 1. The molecule has 0 aliphatic heterocycles. The average Bonchev–Trinajstić information content (AvgIpc) is 2.87. The van der Waals surface area contributed by atoms with Crippen LogP contribution < -0.4 is 4.74 Å². The van der Waals surface area contributed by atoms with Crippen LogP contribution in [0, 0.1) is 0 Å². The molecule has 17 heavy (non-hydrogen) atoms. The van der Waals surface area contributed by atoms with Crippen LogP contribution >= 0.6 is 0 Å². The summed E-state index contributed by atoms with van der Waals surface area (Å²) in [6.45, 7) is 0. The molecule has 4 nitrogen and oxygen atoms in total. The Balaban J connectivity index is 2.23. The van der Waals surface area contributed by atoms with E-state index in [1.165, 1.54) is 0 Å². The first-order valence-corrected chi connectivity index (χ1v) is 5.22. The Kier molecular flexibility index (Phi) is 2.26. The van der Waals surface area contributed by atoms with Crippen LogP contribution in [0.5, 0.6) is 5.75 Å². The highest BCUT2D eigenvalue weighted by Gasteiger charge is 2.08. The molecule has 1 aromatic carbocycles. The van der Waals surface area contributed by atoms with Gasteiger partial charge in [-0.1, -0.05) is 17.3 Å². The summed E-state index contributed by atoms with van der Waals surface area (Å²) in [4.78, 5) is 4.18. The summed E-state index contributed by atoms with van der Waals surface area (Å²) >= 11 is 0. The normalized spacial score (nSPS) is 10.6. The SMILES string of the molecule is COc1cccc(-c2ccnc3cnoc23)c1. The molecule has 2 aromatic heterocycles. The molecule has 0 saturated carbocycles. The largest absolute Gasteiger partial charge is 0.497 e. The van der Waals surface area contributed by atoms with E-state index in [9.17, 15) is 0 Å². The van der Waals surface area contributed by atoms with Crippen molar-refractivity contribution in [1.29, 1.82) is 0 Å². The van der Waals surface area contributed by atoms with E-state index in [2.05, 4.69) is 10.1 Å². The summed E-state index contributed by atoms with van der Waals surface area (Å²) < 4.78 is 10.4. The Morgan fingerprint density at radius 3 is 3.06 bits per heavy atom. The summed E-state index contributed by atoms with van der Waals surface area (Å²) in [5.41, 5.74) is 3.44. The third-order valence-electron chi connectivity index (χ3n) is 2.63. The van der Waals surface area contributed by atoms with Crippen molar-refractivity contribution >= 4 is 11.1 Å². The maximum Gasteiger partial charge on any atom is 0.193 e. The van der Waals surface area contributed by atoms with Crippen molar-refractivity contribution in [1.82, 2.24) is 10.1 Å². The molecule has 0 unspecified atom stereocenters. The molecule has 0 atom stereocenters. The van der Waals surface area contributed by atoms with E-state index in [-0.39, 0.29) is 0 Å². The number of ether oxygens (including phenoxy) is 1. The fraction of sp³-hybridized carbons (Fsp3) is 0.0769. The van der Waals surface area contributed by atoms with Crippen molar-refractivity contribution in [2.75, 3.05) is 7.11 Å². The molecule has 0 aliphatic rings. The number of fused-ring (bicyclic) bond motifs is 1. The first-order valence-electron chi connectivity index (χ1n) is 5.22. The Bertz CT molecular complexity index is 661. The molecule has 0 radical (unpaired) electrons. The van der Waals surface area contributed by atoms with Crippen molar-refractivity contribution in [2.45, 2.75) is 0 Å². The highest BCUT2D eigenvalue weighted by atomic mass is 16.5. The second-order valence-electron chi connectivity index (χ2n) is 3.63. The standard InChI is InChI=1S/C13H10N2O2/c1-16-10-4-2-3-9(7-10)11-5-6-14-12-8-15-17-13(11)12/h2-8H,1H3. The van der Waals surface area contributed by atoms with Crippen molar-refractivity contribution in [3.05, 3.63) is 42.7 Å². The molecular weight excluding hydrogens is 216 g/mol. The van der Waals surface area contributed by atoms with Crippen molar-refractivity contribution in [2.24, 2.45) is 0 Å². The van der Waals surface area contributed by atoms with E-state index in [0.29, 0.717) is 5.58 Å². The van der Waals surface area contributed by atoms with E-state index >= 15 is 0 Å². The van der Waals surface area contributed by atoms with Gasteiger partial charge in [-0.25, -0.2) is 0 Å². The van der Waals surface area contributed by atoms with Gasteiger partial charge < -0.3 is 9.26 Å². The van der Waals surface area contributed by atoms with Crippen LogP contribution in [0.4, 0.5) is 0 Å². The zero-order valence-electron chi connectivity index (χ0n) is 9.25. The molecule has 0 saturated heterocycles. The topological polar surface area (TPSA) is 48.2 Å². The number of hydrogen-bond acceptors (Lipinski definition) is 4. The van der Waals surface area contributed by atoms with Crippen molar-refractivity contribution < 1.29 is 9.26 Å². The number of rotatable bonds is 2. The van der Waals surface area contributed by atoms with Gasteiger partial charge in [0, 0.05) is 11.8 Å². The lowest BCUT2D eigenvalue weighted by Crippen LogP contribution is -1.84.